The van der Waals surface area contributed by atoms with Gasteiger partial charge in [-0.1, -0.05) is 48.5 Å². The Balaban J connectivity index is 1.34. The summed E-state index contributed by atoms with van der Waals surface area (Å²) in [6.07, 6.45) is 3.49. The molecule has 0 fully saturated rings. The van der Waals surface area contributed by atoms with Crippen molar-refractivity contribution >= 4 is 27.5 Å². The van der Waals surface area contributed by atoms with Gasteiger partial charge in [-0.15, -0.1) is 10.2 Å². The lowest BCUT2D eigenvalue weighted by molar-refractivity contribution is 0.295. The summed E-state index contributed by atoms with van der Waals surface area (Å²) < 4.78 is 9.63. The monoisotopic (exact) mass is 392 g/mol. The van der Waals surface area contributed by atoms with Crippen molar-refractivity contribution in [1.82, 2.24) is 29.4 Å². The molecule has 0 spiro atoms. The molecule has 0 aliphatic carbocycles. The molecule has 0 saturated heterocycles. The second kappa shape index (κ2) is 6.66. The summed E-state index contributed by atoms with van der Waals surface area (Å²) in [6.45, 7) is 0.291. The first-order valence-electron chi connectivity index (χ1n) is 9.60. The molecule has 0 N–H and O–H groups in total. The highest BCUT2D eigenvalue weighted by molar-refractivity contribution is 5.89. The number of fused-ring (bicyclic) bond motifs is 4. The topological polar surface area (TPSA) is 70.1 Å². The van der Waals surface area contributed by atoms with Crippen LogP contribution >= 0.6 is 0 Å². The van der Waals surface area contributed by atoms with Crippen molar-refractivity contribution in [2.75, 3.05) is 0 Å². The third-order valence-electron chi connectivity index (χ3n) is 5.14. The molecule has 0 radical (unpaired) electrons. The second-order valence-electron chi connectivity index (χ2n) is 6.98. The quantitative estimate of drug-likeness (QED) is 0.450. The van der Waals surface area contributed by atoms with E-state index in [1.807, 2.05) is 59.0 Å². The highest BCUT2D eigenvalue weighted by Crippen LogP contribution is 2.23. The molecule has 0 saturated carbocycles. The van der Waals surface area contributed by atoms with E-state index in [1.54, 1.807) is 17.2 Å². The van der Waals surface area contributed by atoms with Crippen LogP contribution < -0.4 is 4.74 Å². The molecule has 144 valence electrons. The zero-order valence-corrected chi connectivity index (χ0v) is 15.9. The molecule has 7 heteroatoms. The summed E-state index contributed by atoms with van der Waals surface area (Å²) in [5.74, 6) is 1.47. The lowest BCUT2D eigenvalue weighted by Crippen LogP contribution is -2.03. The van der Waals surface area contributed by atoms with Gasteiger partial charge >= 0.3 is 0 Å². The molecule has 3 aromatic carbocycles. The van der Waals surface area contributed by atoms with Crippen LogP contribution in [0.2, 0.25) is 0 Å². The van der Waals surface area contributed by atoms with Crippen molar-refractivity contribution < 1.29 is 4.74 Å². The van der Waals surface area contributed by atoms with Gasteiger partial charge in [0.15, 0.2) is 17.1 Å². The van der Waals surface area contributed by atoms with Crippen LogP contribution in [0.1, 0.15) is 5.82 Å². The molecule has 0 atom stereocenters. The van der Waals surface area contributed by atoms with E-state index in [0.717, 1.165) is 27.9 Å². The molecule has 0 aliphatic heterocycles. The Morgan fingerprint density at radius 1 is 0.800 bits per heavy atom. The van der Waals surface area contributed by atoms with Crippen molar-refractivity contribution in [2.45, 2.75) is 6.61 Å². The van der Waals surface area contributed by atoms with E-state index in [4.69, 9.17) is 4.74 Å². The van der Waals surface area contributed by atoms with E-state index in [2.05, 4.69) is 38.5 Å². The maximum Gasteiger partial charge on any atom is 0.176 e. The fourth-order valence-corrected chi connectivity index (χ4v) is 3.63. The average molecular weight is 392 g/mol. The molecule has 6 rings (SSSR count). The summed E-state index contributed by atoms with van der Waals surface area (Å²) in [4.78, 5) is 4.60. The SMILES string of the molecule is c1ccc(-n2ncc3c2ncn2c(COc4ccc5ccccc5c4)nnc32)cc1. The minimum absolute atomic E-state index is 0.291. The Kier molecular flexibility index (Phi) is 3.70. The molecule has 0 aliphatic rings. The first-order chi connectivity index (χ1) is 14.9. The maximum atomic E-state index is 5.98. The Morgan fingerprint density at radius 2 is 1.63 bits per heavy atom. The smallest absolute Gasteiger partial charge is 0.176 e. The fraction of sp³-hybridized carbons (Fsp3) is 0.0435. The summed E-state index contributed by atoms with van der Waals surface area (Å²) in [5, 5.41) is 16.3. The number of para-hydroxylation sites is 1. The van der Waals surface area contributed by atoms with E-state index in [-0.39, 0.29) is 0 Å². The standard InChI is InChI=1S/C23H16N6O/c1-2-8-18(9-3-1)29-22-20(13-25-29)23-27-26-21(28(23)15-24-22)14-30-19-11-10-16-6-4-5-7-17(16)12-19/h1-13,15H,14H2. The van der Waals surface area contributed by atoms with Crippen molar-refractivity contribution in [2.24, 2.45) is 0 Å². The van der Waals surface area contributed by atoms with Crippen LogP contribution in [0.3, 0.4) is 0 Å². The van der Waals surface area contributed by atoms with Crippen LogP contribution in [0.4, 0.5) is 0 Å². The third kappa shape index (κ3) is 2.68. The van der Waals surface area contributed by atoms with E-state index < -0.39 is 0 Å². The number of nitrogens with zero attached hydrogens (tertiary/aromatic N) is 6. The van der Waals surface area contributed by atoms with E-state index >= 15 is 0 Å². The van der Waals surface area contributed by atoms with Crippen LogP contribution in [0.15, 0.2) is 85.3 Å². The molecule has 7 nitrogen and oxygen atoms in total. The van der Waals surface area contributed by atoms with Crippen LogP contribution in [-0.4, -0.2) is 29.4 Å². The largest absolute Gasteiger partial charge is 0.486 e. The maximum absolute atomic E-state index is 5.98. The Hall–Kier alpha value is -4.26. The van der Waals surface area contributed by atoms with Gasteiger partial charge in [-0.2, -0.15) is 5.10 Å². The molecular weight excluding hydrogens is 376 g/mol. The fourth-order valence-electron chi connectivity index (χ4n) is 3.63. The number of rotatable bonds is 4. The van der Waals surface area contributed by atoms with Gasteiger partial charge in [0.05, 0.1) is 17.3 Å². The molecule has 0 bridgehead atoms. The summed E-state index contributed by atoms with van der Waals surface area (Å²) in [7, 11) is 0. The number of ether oxygens (including phenoxy) is 1. The van der Waals surface area contributed by atoms with Gasteiger partial charge in [-0.05, 0) is 35.0 Å². The Morgan fingerprint density at radius 3 is 2.53 bits per heavy atom. The first kappa shape index (κ1) is 16.7. The molecular formula is C23H16N6O. The van der Waals surface area contributed by atoms with Crippen LogP contribution in [0.25, 0.3) is 33.1 Å². The zero-order valence-electron chi connectivity index (χ0n) is 15.9. The summed E-state index contributed by atoms with van der Waals surface area (Å²) in [6, 6.07) is 24.1. The Labute approximate surface area is 171 Å². The summed E-state index contributed by atoms with van der Waals surface area (Å²) in [5.41, 5.74) is 2.39. The van der Waals surface area contributed by atoms with Gasteiger partial charge in [-0.3, -0.25) is 4.40 Å². The molecule has 0 unspecified atom stereocenters. The van der Waals surface area contributed by atoms with Crippen molar-refractivity contribution in [1.29, 1.82) is 0 Å². The van der Waals surface area contributed by atoms with Crippen LogP contribution in [0, 0.1) is 0 Å². The van der Waals surface area contributed by atoms with Crippen LogP contribution in [0.5, 0.6) is 5.75 Å². The lowest BCUT2D eigenvalue weighted by Gasteiger charge is -2.06. The van der Waals surface area contributed by atoms with Gasteiger partial charge in [0.25, 0.3) is 0 Å². The minimum Gasteiger partial charge on any atom is -0.486 e. The molecule has 3 heterocycles. The van der Waals surface area contributed by atoms with Gasteiger partial charge in [0.2, 0.25) is 0 Å². The van der Waals surface area contributed by atoms with Gasteiger partial charge in [0, 0.05) is 0 Å². The average Bonchev–Trinajstić information content (AvgIpc) is 3.42. The predicted molar refractivity (Wildman–Crippen MR) is 114 cm³/mol. The number of hydrogen-bond acceptors (Lipinski definition) is 5. The van der Waals surface area contributed by atoms with Crippen LogP contribution in [-0.2, 0) is 6.61 Å². The number of aromatic nitrogens is 6. The molecule has 3 aromatic heterocycles. The highest BCUT2D eigenvalue weighted by Gasteiger charge is 2.14. The van der Waals surface area contributed by atoms with E-state index in [9.17, 15) is 0 Å². The van der Waals surface area contributed by atoms with Gasteiger partial charge in [-0.25, -0.2) is 9.67 Å². The van der Waals surface area contributed by atoms with Gasteiger partial charge in [0.1, 0.15) is 18.7 Å². The Bertz CT molecular complexity index is 1500. The normalized spacial score (nSPS) is 11.5. The zero-order chi connectivity index (χ0) is 19.9. The highest BCUT2D eigenvalue weighted by atomic mass is 16.5. The van der Waals surface area contributed by atoms with Gasteiger partial charge < -0.3 is 4.74 Å². The number of benzene rings is 3. The third-order valence-corrected chi connectivity index (χ3v) is 5.14. The molecule has 6 aromatic rings. The lowest BCUT2D eigenvalue weighted by atomic mass is 10.1. The van der Waals surface area contributed by atoms with E-state index in [0.29, 0.717) is 18.1 Å². The predicted octanol–water partition coefficient (Wildman–Crippen LogP) is 4.20. The van der Waals surface area contributed by atoms with Crippen molar-refractivity contribution in [3.63, 3.8) is 0 Å². The molecule has 0 amide bonds. The minimum atomic E-state index is 0.291. The molecule has 30 heavy (non-hydrogen) atoms. The second-order valence-corrected chi connectivity index (χ2v) is 6.98. The number of hydrogen-bond donors (Lipinski definition) is 0. The first-order valence-corrected chi connectivity index (χ1v) is 9.60. The van der Waals surface area contributed by atoms with Crippen molar-refractivity contribution in [3.05, 3.63) is 91.1 Å². The van der Waals surface area contributed by atoms with Crippen molar-refractivity contribution in [3.8, 4) is 11.4 Å². The summed E-state index contributed by atoms with van der Waals surface area (Å²) >= 11 is 0. The van der Waals surface area contributed by atoms with E-state index in [1.165, 1.54) is 5.39 Å².